The van der Waals surface area contributed by atoms with Gasteiger partial charge in [0.15, 0.2) is 9.84 Å². The molecular formula is C22H24ClN3O4S. The largest absolute Gasteiger partial charge is 0.393 e. The molecule has 0 spiro atoms. The van der Waals surface area contributed by atoms with E-state index >= 15 is 0 Å². The van der Waals surface area contributed by atoms with Crippen molar-refractivity contribution in [3.63, 3.8) is 0 Å². The summed E-state index contributed by atoms with van der Waals surface area (Å²) in [7, 11) is -3.54. The van der Waals surface area contributed by atoms with Crippen LogP contribution in [0.4, 0.5) is 0 Å². The maximum atomic E-state index is 12.9. The third-order valence-corrected chi connectivity index (χ3v) is 8.18. The van der Waals surface area contributed by atoms with Gasteiger partial charge in [0.25, 0.3) is 5.56 Å². The van der Waals surface area contributed by atoms with Gasteiger partial charge in [-0.3, -0.25) is 4.79 Å². The molecule has 2 atom stereocenters. The second kappa shape index (κ2) is 8.61. The fourth-order valence-corrected chi connectivity index (χ4v) is 6.17. The standard InChI is InChI=1S/C22H24ClN3O4S/c1-2-9-25-14-16(3-8-22(25)28)26-13-15(12-24-26)20-7-6-19(11-21(20)23)31(29,30)18-5-4-17(27)10-18/h3,6-8,11-14,17-18,27H,2,4-5,9-10H2,1H3/t17-,18?/m0/s1. The van der Waals surface area contributed by atoms with Crippen LogP contribution in [0.25, 0.3) is 16.8 Å². The van der Waals surface area contributed by atoms with E-state index in [1.807, 2.05) is 6.92 Å². The van der Waals surface area contributed by atoms with Gasteiger partial charge in [-0.25, -0.2) is 13.1 Å². The summed E-state index contributed by atoms with van der Waals surface area (Å²) in [4.78, 5) is 12.1. The van der Waals surface area contributed by atoms with Gasteiger partial charge in [-0.05, 0) is 43.9 Å². The quantitative estimate of drug-likeness (QED) is 0.606. The molecule has 0 amide bonds. The van der Waals surface area contributed by atoms with Crippen LogP contribution in [0.15, 0.2) is 58.6 Å². The molecule has 9 heteroatoms. The molecule has 1 aromatic carbocycles. The van der Waals surface area contributed by atoms with E-state index < -0.39 is 21.2 Å². The Kier molecular flexibility index (Phi) is 6.05. The molecule has 2 aromatic heterocycles. The van der Waals surface area contributed by atoms with Gasteiger partial charge < -0.3 is 9.67 Å². The van der Waals surface area contributed by atoms with Gasteiger partial charge in [0.1, 0.15) is 0 Å². The third-order valence-electron chi connectivity index (χ3n) is 5.66. The van der Waals surface area contributed by atoms with Gasteiger partial charge >= 0.3 is 0 Å². The van der Waals surface area contributed by atoms with Crippen LogP contribution >= 0.6 is 11.6 Å². The summed E-state index contributed by atoms with van der Waals surface area (Å²) in [5.41, 5.74) is 2.08. The normalized spacial score (nSPS) is 19.1. The van der Waals surface area contributed by atoms with Crippen LogP contribution in [0.2, 0.25) is 5.02 Å². The number of aliphatic hydroxyl groups is 1. The SMILES string of the molecule is CCCn1cc(-n2cc(-c3ccc(S(=O)(=O)C4CC[C@H](O)C4)cc3Cl)cn2)ccc1=O. The van der Waals surface area contributed by atoms with Gasteiger partial charge in [-0.15, -0.1) is 0 Å². The Morgan fingerprint density at radius 1 is 1.19 bits per heavy atom. The van der Waals surface area contributed by atoms with E-state index in [1.165, 1.54) is 12.1 Å². The molecule has 1 fully saturated rings. The maximum absolute atomic E-state index is 12.9. The number of aromatic nitrogens is 3. The van der Waals surface area contributed by atoms with Crippen molar-refractivity contribution in [2.45, 2.75) is 55.4 Å². The minimum absolute atomic E-state index is 0.0624. The van der Waals surface area contributed by atoms with Crippen molar-refractivity contribution in [2.75, 3.05) is 0 Å². The Labute approximate surface area is 185 Å². The van der Waals surface area contributed by atoms with Crippen LogP contribution in [0.1, 0.15) is 32.6 Å². The van der Waals surface area contributed by atoms with E-state index in [1.54, 1.807) is 46.0 Å². The Hall–Kier alpha value is -2.42. The summed E-state index contributed by atoms with van der Waals surface area (Å²) in [6, 6.07) is 7.92. The highest BCUT2D eigenvalue weighted by molar-refractivity contribution is 7.92. The number of halogens is 1. The van der Waals surface area contributed by atoms with Crippen molar-refractivity contribution in [1.29, 1.82) is 0 Å². The van der Waals surface area contributed by atoms with E-state index in [4.69, 9.17) is 11.6 Å². The molecule has 1 aliphatic rings. The Bertz CT molecular complexity index is 1270. The zero-order valence-electron chi connectivity index (χ0n) is 17.1. The highest BCUT2D eigenvalue weighted by Gasteiger charge is 2.34. The van der Waals surface area contributed by atoms with Crippen LogP contribution < -0.4 is 5.56 Å². The van der Waals surface area contributed by atoms with E-state index in [2.05, 4.69) is 5.10 Å². The molecule has 2 heterocycles. The molecule has 1 unspecified atom stereocenters. The first kappa shape index (κ1) is 21.8. The topological polar surface area (TPSA) is 94.2 Å². The molecule has 0 radical (unpaired) electrons. The number of hydrogen-bond donors (Lipinski definition) is 1. The summed E-state index contributed by atoms with van der Waals surface area (Å²) in [5, 5.41) is 13.8. The van der Waals surface area contributed by atoms with Gasteiger partial charge in [-0.2, -0.15) is 5.10 Å². The van der Waals surface area contributed by atoms with Gasteiger partial charge in [0, 0.05) is 41.2 Å². The summed E-state index contributed by atoms with van der Waals surface area (Å²) < 4.78 is 29.0. The maximum Gasteiger partial charge on any atom is 0.250 e. The molecule has 164 valence electrons. The van der Waals surface area contributed by atoms with Crippen LogP contribution in [-0.2, 0) is 16.4 Å². The molecular weight excluding hydrogens is 438 g/mol. The average Bonchev–Trinajstić information content (AvgIpc) is 3.39. The summed E-state index contributed by atoms with van der Waals surface area (Å²) >= 11 is 6.45. The van der Waals surface area contributed by atoms with Gasteiger partial charge in [-0.1, -0.05) is 24.6 Å². The van der Waals surface area contributed by atoms with Crippen LogP contribution in [0, 0.1) is 0 Å². The van der Waals surface area contributed by atoms with E-state index in [-0.39, 0.29) is 16.9 Å². The first-order valence-electron chi connectivity index (χ1n) is 10.3. The highest BCUT2D eigenvalue weighted by atomic mass is 35.5. The number of rotatable bonds is 6. The number of hydrogen-bond acceptors (Lipinski definition) is 5. The third kappa shape index (κ3) is 4.33. The molecule has 0 aliphatic heterocycles. The molecule has 1 N–H and O–H groups in total. The number of benzene rings is 1. The lowest BCUT2D eigenvalue weighted by Gasteiger charge is -2.12. The van der Waals surface area contributed by atoms with Crippen LogP contribution in [0.3, 0.4) is 0 Å². The zero-order chi connectivity index (χ0) is 22.2. The molecule has 3 aromatic rings. The van der Waals surface area contributed by atoms with Crippen molar-refractivity contribution in [3.8, 4) is 16.8 Å². The van der Waals surface area contributed by atoms with E-state index in [0.29, 0.717) is 30.0 Å². The lowest BCUT2D eigenvalue weighted by molar-refractivity contribution is 0.183. The molecule has 0 bridgehead atoms. The van der Waals surface area contributed by atoms with Crippen molar-refractivity contribution in [3.05, 3.63) is 64.3 Å². The minimum atomic E-state index is -3.54. The molecule has 7 nitrogen and oxygen atoms in total. The predicted molar refractivity (Wildman–Crippen MR) is 119 cm³/mol. The molecule has 1 aliphatic carbocycles. The number of pyridine rings is 1. The van der Waals surface area contributed by atoms with Crippen molar-refractivity contribution in [1.82, 2.24) is 14.3 Å². The van der Waals surface area contributed by atoms with Crippen molar-refractivity contribution >= 4 is 21.4 Å². The fraction of sp³-hybridized carbons (Fsp3) is 0.364. The predicted octanol–water partition coefficient (Wildman–Crippen LogP) is 3.45. The lowest BCUT2D eigenvalue weighted by Crippen LogP contribution is -2.19. The molecule has 31 heavy (non-hydrogen) atoms. The number of nitrogens with zero attached hydrogens (tertiary/aromatic N) is 3. The van der Waals surface area contributed by atoms with Crippen molar-refractivity contribution < 1.29 is 13.5 Å². The second-order valence-electron chi connectivity index (χ2n) is 7.87. The highest BCUT2D eigenvalue weighted by Crippen LogP contribution is 2.34. The smallest absolute Gasteiger partial charge is 0.250 e. The van der Waals surface area contributed by atoms with E-state index in [0.717, 1.165) is 17.7 Å². The monoisotopic (exact) mass is 461 g/mol. The van der Waals surface area contributed by atoms with Crippen molar-refractivity contribution in [2.24, 2.45) is 0 Å². The second-order valence-corrected chi connectivity index (χ2v) is 10.5. The van der Waals surface area contributed by atoms with Gasteiger partial charge in [0.05, 0.1) is 28.1 Å². The molecule has 1 saturated carbocycles. The fourth-order valence-electron chi connectivity index (χ4n) is 3.97. The summed E-state index contributed by atoms with van der Waals surface area (Å²) in [5.74, 6) is 0. The van der Waals surface area contributed by atoms with Gasteiger partial charge in [0.2, 0.25) is 0 Å². The first-order chi connectivity index (χ1) is 14.8. The Morgan fingerprint density at radius 2 is 2.00 bits per heavy atom. The Balaban J connectivity index is 1.63. The summed E-state index contributed by atoms with van der Waals surface area (Å²) in [6.07, 6.45) is 6.70. The van der Waals surface area contributed by atoms with Crippen LogP contribution in [-0.4, -0.2) is 39.2 Å². The summed E-state index contributed by atoms with van der Waals surface area (Å²) in [6.45, 7) is 2.63. The average molecular weight is 462 g/mol. The number of aliphatic hydroxyl groups excluding tert-OH is 1. The van der Waals surface area contributed by atoms with Crippen LogP contribution in [0.5, 0.6) is 0 Å². The molecule has 4 rings (SSSR count). The van der Waals surface area contributed by atoms with E-state index in [9.17, 15) is 18.3 Å². The minimum Gasteiger partial charge on any atom is -0.393 e. The lowest BCUT2D eigenvalue weighted by atomic mass is 10.1. The first-order valence-corrected chi connectivity index (χ1v) is 12.2. The number of aryl methyl sites for hydroxylation is 1. The molecule has 0 saturated heterocycles. The zero-order valence-corrected chi connectivity index (χ0v) is 18.7. The number of sulfone groups is 1. The Morgan fingerprint density at radius 3 is 2.68 bits per heavy atom.